The molecule has 0 radical (unpaired) electrons. The highest BCUT2D eigenvalue weighted by molar-refractivity contribution is 7.47. The molecule has 0 amide bonds. The van der Waals surface area contributed by atoms with Crippen molar-refractivity contribution in [2.24, 2.45) is 0 Å². The number of hydrogen-bond acceptors (Lipinski definition) is 15. The number of carbonyl (C=O) groups excluding carboxylic acids is 1. The zero-order valence-electron chi connectivity index (χ0n) is 21.4. The van der Waals surface area contributed by atoms with Gasteiger partial charge in [-0.25, -0.2) is 18.9 Å². The Morgan fingerprint density at radius 1 is 1.24 bits per heavy atom. The molecular formula is C20H27N9O11P+. The van der Waals surface area contributed by atoms with Crippen LogP contribution in [-0.2, 0) is 32.6 Å². The lowest BCUT2D eigenvalue weighted by Gasteiger charge is -2.22. The normalized spacial score (nSPS) is 27.7. The number of aromatic amines is 2. The zero-order valence-corrected chi connectivity index (χ0v) is 22.2. The van der Waals surface area contributed by atoms with E-state index in [1.54, 1.807) is 0 Å². The van der Waals surface area contributed by atoms with E-state index in [-0.39, 0.29) is 42.5 Å². The van der Waals surface area contributed by atoms with Crippen LogP contribution in [0.1, 0.15) is 32.2 Å². The summed E-state index contributed by atoms with van der Waals surface area (Å²) in [5.74, 6) is -1.01. The van der Waals surface area contributed by atoms with Crippen LogP contribution >= 0.6 is 7.82 Å². The minimum Gasteiger partial charge on any atom is -0.463 e. The maximum absolute atomic E-state index is 12.9. The van der Waals surface area contributed by atoms with E-state index in [4.69, 9.17) is 34.7 Å². The van der Waals surface area contributed by atoms with E-state index in [0.717, 1.165) is 10.9 Å². The topological polar surface area (TPSA) is 286 Å². The van der Waals surface area contributed by atoms with Gasteiger partial charge in [0.25, 0.3) is 11.5 Å². The average molecular weight is 600 g/mol. The fraction of sp³-hybridized carbons (Fsp3) is 0.550. The van der Waals surface area contributed by atoms with Gasteiger partial charge in [-0.1, -0.05) is 4.98 Å². The van der Waals surface area contributed by atoms with Crippen molar-refractivity contribution in [3.8, 4) is 0 Å². The van der Waals surface area contributed by atoms with E-state index >= 15 is 0 Å². The van der Waals surface area contributed by atoms with E-state index in [9.17, 15) is 28.9 Å². The third-order valence-electron chi connectivity index (χ3n) is 6.38. The van der Waals surface area contributed by atoms with Crippen LogP contribution in [0.3, 0.4) is 0 Å². The molecule has 2 aliphatic rings. The van der Waals surface area contributed by atoms with E-state index in [1.807, 2.05) is 0 Å². The van der Waals surface area contributed by atoms with Gasteiger partial charge in [0, 0.05) is 19.8 Å². The molecule has 5 heterocycles. The van der Waals surface area contributed by atoms with Gasteiger partial charge in [-0.2, -0.15) is 4.98 Å². The predicted octanol–water partition coefficient (Wildman–Crippen LogP) is -2.64. The number of esters is 1. The van der Waals surface area contributed by atoms with Gasteiger partial charge in [-0.3, -0.25) is 33.2 Å². The van der Waals surface area contributed by atoms with Crippen LogP contribution in [0, 0.1) is 0 Å². The monoisotopic (exact) mass is 600 g/mol. The van der Waals surface area contributed by atoms with Crippen LogP contribution in [0.25, 0.3) is 11.2 Å². The molecule has 3 aromatic heterocycles. The first-order chi connectivity index (χ1) is 19.4. The molecule has 0 bridgehead atoms. The quantitative estimate of drug-likeness (QED) is 0.0831. The maximum atomic E-state index is 12.9. The van der Waals surface area contributed by atoms with Crippen molar-refractivity contribution in [1.29, 1.82) is 0 Å². The molecule has 0 spiro atoms. The SMILES string of the molecule is CC(=O)OCC1OC(n2cnc(N)nc2=O)CC1OP(=O)(O)OCC1OC([n+]2c[nH]c3c(=O)[nH]c(N)nc32)CC1O. The summed E-state index contributed by atoms with van der Waals surface area (Å²) >= 11 is 0. The summed E-state index contributed by atoms with van der Waals surface area (Å²) in [6.07, 6.45) is -3.83. The Balaban J connectivity index is 1.24. The van der Waals surface area contributed by atoms with Gasteiger partial charge >= 0.3 is 25.1 Å². The summed E-state index contributed by atoms with van der Waals surface area (Å²) in [5.41, 5.74) is 10.1. The number of aliphatic hydroxyl groups is 1. The third kappa shape index (κ3) is 6.27. The molecule has 2 aliphatic heterocycles. The predicted molar refractivity (Wildman–Crippen MR) is 132 cm³/mol. The lowest BCUT2D eigenvalue weighted by atomic mass is 10.2. The van der Waals surface area contributed by atoms with E-state index in [1.165, 1.54) is 17.8 Å². The molecule has 2 fully saturated rings. The summed E-state index contributed by atoms with van der Waals surface area (Å²) in [7, 11) is -4.81. The van der Waals surface area contributed by atoms with Crippen molar-refractivity contribution in [3.05, 3.63) is 33.5 Å². The van der Waals surface area contributed by atoms with Crippen LogP contribution in [0.2, 0.25) is 0 Å². The van der Waals surface area contributed by atoms with E-state index in [0.29, 0.717) is 0 Å². The van der Waals surface area contributed by atoms with Crippen molar-refractivity contribution < 1.29 is 47.2 Å². The summed E-state index contributed by atoms with van der Waals surface area (Å²) in [6.45, 7) is 0.260. The molecule has 7 unspecified atom stereocenters. The molecule has 41 heavy (non-hydrogen) atoms. The minimum absolute atomic E-state index is 0.0393. The molecule has 0 aliphatic carbocycles. The number of hydrogen-bond donors (Lipinski definition) is 6. The Kier molecular flexibility index (Phi) is 7.88. The Morgan fingerprint density at radius 2 is 2.02 bits per heavy atom. The Hall–Kier alpha value is -3.78. The first-order valence-corrected chi connectivity index (χ1v) is 13.7. The summed E-state index contributed by atoms with van der Waals surface area (Å²) in [6, 6.07) is 0. The average Bonchev–Trinajstić information content (AvgIpc) is 3.58. The molecule has 0 aromatic carbocycles. The van der Waals surface area contributed by atoms with E-state index < -0.39 is 68.5 Å². The van der Waals surface area contributed by atoms with Crippen LogP contribution in [-0.4, -0.2) is 83.1 Å². The standard InChI is InChI=1S/C20H26N9O11P/c1-8(30)36-4-12-10(3-14(39-12)29-7-24-18(21)27-20(29)33)40-41(34,35)37-5-11-9(31)2-13(38-11)28-6-23-15-16(28)25-19(22)26-17(15)32/h6-7,9-14,31H,2-5H2,1H3,(H6,21,22,25,26,27,32,33,34,35)/p+1. The van der Waals surface area contributed by atoms with Gasteiger partial charge in [-0.05, 0) is 0 Å². The van der Waals surface area contributed by atoms with Crippen molar-refractivity contribution in [3.63, 3.8) is 0 Å². The molecule has 8 N–H and O–H groups in total. The summed E-state index contributed by atoms with van der Waals surface area (Å²) in [4.78, 5) is 62.5. The van der Waals surface area contributed by atoms with E-state index in [2.05, 4.69) is 24.9 Å². The van der Waals surface area contributed by atoms with Gasteiger partial charge in [0.15, 0.2) is 12.6 Å². The molecule has 0 saturated carbocycles. The molecule has 5 rings (SSSR count). The van der Waals surface area contributed by atoms with Gasteiger partial charge in [-0.15, -0.1) is 0 Å². The van der Waals surface area contributed by atoms with Crippen molar-refractivity contribution in [2.75, 3.05) is 24.7 Å². The molecule has 222 valence electrons. The number of aromatic nitrogens is 7. The fourth-order valence-corrected chi connectivity index (χ4v) is 5.46. The molecule has 21 heteroatoms. The van der Waals surface area contributed by atoms with Crippen molar-refractivity contribution in [2.45, 2.75) is 56.6 Å². The first-order valence-electron chi connectivity index (χ1n) is 12.2. The van der Waals surface area contributed by atoms with Crippen LogP contribution in [0.5, 0.6) is 0 Å². The van der Waals surface area contributed by atoms with Gasteiger partial charge in [0.05, 0.1) is 12.7 Å². The number of phosphoric ester groups is 1. The largest absolute Gasteiger partial charge is 0.472 e. The number of rotatable bonds is 9. The Labute approximate surface area is 228 Å². The number of nitrogens with one attached hydrogen (secondary N) is 2. The number of nitrogens with two attached hydrogens (primary N) is 2. The number of fused-ring (bicyclic) bond motifs is 1. The highest BCUT2D eigenvalue weighted by Gasteiger charge is 2.44. The Bertz CT molecular complexity index is 1610. The number of anilines is 2. The lowest BCUT2D eigenvalue weighted by Crippen LogP contribution is -2.39. The number of imidazole rings is 1. The smallest absolute Gasteiger partial charge is 0.463 e. The third-order valence-corrected chi connectivity index (χ3v) is 7.40. The second-order valence-electron chi connectivity index (χ2n) is 9.24. The second kappa shape index (κ2) is 11.2. The first kappa shape index (κ1) is 28.7. The van der Waals surface area contributed by atoms with Gasteiger partial charge < -0.3 is 35.7 Å². The minimum atomic E-state index is -4.81. The number of phosphoric acid groups is 1. The fourth-order valence-electron chi connectivity index (χ4n) is 4.50. The second-order valence-corrected chi connectivity index (χ2v) is 10.6. The molecule has 7 atom stereocenters. The number of carbonyl (C=O) groups is 1. The number of ether oxygens (including phenoxy) is 3. The lowest BCUT2D eigenvalue weighted by molar-refractivity contribution is -0.738. The van der Waals surface area contributed by atoms with Crippen LogP contribution in [0.15, 0.2) is 22.2 Å². The zero-order chi connectivity index (χ0) is 29.5. The summed E-state index contributed by atoms with van der Waals surface area (Å²) < 4.78 is 42.2. The highest BCUT2D eigenvalue weighted by Crippen LogP contribution is 2.49. The number of nitrogen functional groups attached to an aromatic ring is 2. The number of aliphatic hydroxyl groups excluding tert-OH is 1. The van der Waals surface area contributed by atoms with Crippen molar-refractivity contribution >= 4 is 36.9 Å². The number of H-pyrrole nitrogens is 2. The summed E-state index contributed by atoms with van der Waals surface area (Å²) in [5, 5.41) is 10.5. The van der Waals surface area contributed by atoms with Crippen LogP contribution in [0.4, 0.5) is 11.9 Å². The van der Waals surface area contributed by atoms with Gasteiger partial charge in [0.2, 0.25) is 11.5 Å². The maximum Gasteiger partial charge on any atom is 0.472 e. The number of nitrogens with zero attached hydrogens (tertiary/aromatic N) is 5. The van der Waals surface area contributed by atoms with Gasteiger partial charge in [0.1, 0.15) is 37.5 Å². The molecule has 3 aromatic rings. The molecular weight excluding hydrogens is 573 g/mol. The molecule has 2 saturated heterocycles. The van der Waals surface area contributed by atoms with Crippen molar-refractivity contribution in [1.82, 2.24) is 29.5 Å². The Morgan fingerprint density at radius 3 is 2.76 bits per heavy atom. The molecule has 20 nitrogen and oxygen atoms in total. The highest BCUT2D eigenvalue weighted by atomic mass is 31.2. The van der Waals surface area contributed by atoms with Crippen LogP contribution < -0.4 is 27.3 Å².